The normalized spacial score (nSPS) is 17.7. The third kappa shape index (κ3) is 32.4. The molecule has 2 saturated heterocycles. The van der Waals surface area contributed by atoms with Gasteiger partial charge in [-0.15, -0.1) is 0 Å². The summed E-state index contributed by atoms with van der Waals surface area (Å²) in [7, 11) is 5.56. The number of rotatable bonds is 53. The predicted octanol–water partition coefficient (Wildman–Crippen LogP) is 0.0228. The summed E-state index contributed by atoms with van der Waals surface area (Å²) in [6.45, 7) is 20.9. The van der Waals surface area contributed by atoms with E-state index in [2.05, 4.69) is 74.1 Å². The number of phenolic OH excluding ortho intramolecular Hbond substituents is 1. The van der Waals surface area contributed by atoms with Crippen molar-refractivity contribution in [3.63, 3.8) is 0 Å². The largest absolute Gasteiger partial charge is 0.508 e. The Morgan fingerprint density at radius 2 is 1.16 bits per heavy atom. The first-order valence-electron chi connectivity index (χ1n) is 47.3. The summed E-state index contributed by atoms with van der Waals surface area (Å²) >= 11 is 0. The number of amides is 17. The first-order valence-corrected chi connectivity index (χ1v) is 47.3. The number of nitrogens with one attached hydrogen (secondary N) is 15. The number of aromatic hydroxyl groups is 1. The summed E-state index contributed by atoms with van der Waals surface area (Å²) in [5.41, 5.74) is 20.4. The fourth-order valence-corrected chi connectivity index (χ4v) is 17.1. The van der Waals surface area contributed by atoms with Gasteiger partial charge in [0.05, 0.1) is 13.0 Å². The number of carbonyl (C=O) groups is 17. The Balaban J connectivity index is 1.25. The Kier molecular flexibility index (Phi) is 44.2. The van der Waals surface area contributed by atoms with Crippen LogP contribution in [0.4, 0.5) is 0 Å². The van der Waals surface area contributed by atoms with Crippen LogP contribution in [0.15, 0.2) is 60.0 Å². The van der Waals surface area contributed by atoms with Gasteiger partial charge in [0.2, 0.25) is 100 Å². The number of unbranched alkanes of at least 4 members (excludes halogenated alkanes) is 2. The summed E-state index contributed by atoms with van der Waals surface area (Å²) in [6.07, 6.45) is 12.4. The summed E-state index contributed by atoms with van der Waals surface area (Å²) < 4.78 is 0. The van der Waals surface area contributed by atoms with Gasteiger partial charge in [-0.1, -0.05) is 118 Å². The molecule has 135 heavy (non-hydrogen) atoms. The van der Waals surface area contributed by atoms with E-state index < -0.39 is 203 Å². The molecule has 2 aromatic rings. The second kappa shape index (κ2) is 53.6. The van der Waals surface area contributed by atoms with Crippen molar-refractivity contribution in [2.24, 2.45) is 34.5 Å². The number of carbonyl (C=O) groups excluding carboxylic acids is 17. The van der Waals surface area contributed by atoms with Crippen LogP contribution in [0, 0.1) is 22.7 Å². The van der Waals surface area contributed by atoms with Crippen LogP contribution >= 0.6 is 0 Å². The van der Waals surface area contributed by atoms with Gasteiger partial charge in [0.1, 0.15) is 90.3 Å². The number of aromatic amines is 1. The van der Waals surface area contributed by atoms with Crippen molar-refractivity contribution in [3.8, 4) is 5.75 Å². The molecule has 2 fully saturated rings. The second-order valence-corrected chi connectivity index (χ2v) is 36.9. The van der Waals surface area contributed by atoms with E-state index in [-0.39, 0.29) is 140 Å². The van der Waals surface area contributed by atoms with E-state index in [4.69, 9.17) is 22.6 Å². The van der Waals surface area contributed by atoms with Crippen molar-refractivity contribution < 1.29 is 86.6 Å². The summed E-state index contributed by atoms with van der Waals surface area (Å²) in [4.78, 5) is 254. The summed E-state index contributed by atoms with van der Waals surface area (Å²) in [5.74, 6) is -13.3. The van der Waals surface area contributed by atoms with Gasteiger partial charge in [-0.05, 0) is 156 Å². The maximum absolute atomic E-state index is 15.8. The highest BCUT2D eigenvalue weighted by atomic mass is 16.3. The van der Waals surface area contributed by atoms with Crippen LogP contribution in [0.25, 0.3) is 6.08 Å². The lowest BCUT2D eigenvalue weighted by Gasteiger charge is -2.37. The van der Waals surface area contributed by atoms with Gasteiger partial charge in [0, 0.05) is 104 Å². The van der Waals surface area contributed by atoms with Crippen molar-refractivity contribution in [2.75, 3.05) is 67.5 Å². The Labute approximate surface area is 791 Å². The molecule has 4 heterocycles. The van der Waals surface area contributed by atoms with Crippen molar-refractivity contribution in [3.05, 3.63) is 82.3 Å². The lowest BCUT2D eigenvalue weighted by atomic mass is 9.85. The number of likely N-dealkylation sites (tertiary alicyclic amines) is 2. The lowest BCUT2D eigenvalue weighted by Crippen LogP contribution is -2.63. The number of nitrogens with two attached hydrogens (primary N) is 3. The van der Waals surface area contributed by atoms with E-state index >= 15 is 28.8 Å². The summed E-state index contributed by atoms with van der Waals surface area (Å²) in [5, 5.41) is 53.7. The van der Waals surface area contributed by atoms with Crippen LogP contribution in [-0.2, 0) is 101 Å². The topological polar surface area (TPSA) is 601 Å². The second-order valence-electron chi connectivity index (χ2n) is 36.9. The minimum atomic E-state index is -1.57. The van der Waals surface area contributed by atoms with E-state index in [0.29, 0.717) is 56.2 Å². The Morgan fingerprint density at radius 3 is 1.73 bits per heavy atom. The minimum absolute atomic E-state index is 0.000878. The molecule has 22 N–H and O–H groups in total. The molecule has 0 radical (unpaired) electrons. The number of fused-ring (bicyclic) bond motifs is 1. The molecule has 41 heteroatoms. The standard InChI is InChI=1S/C94H149N23O18/c1-17-22-32-71(84(127)106-64(31-25-42-100-93(97)98)81(124)105-61(20-4)80(123)103-52-75(96)119)114(15)92(135)74(33-23-18-2)115(16)89(132)69(47-57-50-101-62(28-19-3)54(57)8)111-87(130)78(94(10,11)12)112-83(126)66(48-58-51-102-63-30-24-29-60(58)63)108-86(129)73-35-27-43-116(73)90(133)67(45-53(6)7)110-82(125)65(40-41-95)107-85(128)72-34-26-44-117(72)91(134)70(49-77(121)99-13)109-79(122)55(9)113(14)88(131)68(104-76(120)21-5)46-56-36-38-59(118)39-37-56/h19,24,28-29,36-39,51,53,55,57,61,64-74,78,101-102,118H,17-18,20-23,25-27,30-35,40-50,52,95H2,1-16H3,(H2,96,119)(H,99,121)(H,103,123)(H,104,120)(H,105,124)(H,106,127)(H,107,128)(H,108,129)(H,109,122)(H,110,125)(H,111,130)(H,112,126)(H4,97,98,100)/b28-19-/t55-,57?,61-,64-,65?,66?,67?,68?,69?,70?,71?,72-,73-,74-,78+/m0/s1. The Bertz CT molecular complexity index is 4600. The molecule has 1 aliphatic carbocycles. The smallest absolute Gasteiger partial charge is 0.246 e. The van der Waals surface area contributed by atoms with E-state index in [1.807, 2.05) is 65.8 Å². The number of H-pyrrole nitrogens is 1. The molecule has 748 valence electrons. The molecule has 0 saturated carbocycles. The maximum Gasteiger partial charge on any atom is 0.246 e. The number of benzene rings is 1. The summed E-state index contributed by atoms with van der Waals surface area (Å²) in [6, 6.07) is -12.3. The highest BCUT2D eigenvalue weighted by molar-refractivity contribution is 6.02. The Morgan fingerprint density at radius 1 is 0.607 bits per heavy atom. The van der Waals surface area contributed by atoms with Gasteiger partial charge < -0.3 is 121 Å². The third-order valence-corrected chi connectivity index (χ3v) is 25.2. The molecule has 0 spiro atoms. The van der Waals surface area contributed by atoms with Crippen LogP contribution in [-0.4, -0.2) is 293 Å². The fraction of sp³-hybridized carbons (Fsp3) is 0.638. The number of phenols is 1. The van der Waals surface area contributed by atoms with E-state index in [1.165, 1.54) is 66.8 Å². The van der Waals surface area contributed by atoms with Crippen LogP contribution in [0.3, 0.4) is 0 Å². The molecule has 3 aliphatic heterocycles. The van der Waals surface area contributed by atoms with E-state index in [1.54, 1.807) is 52.9 Å². The first-order chi connectivity index (χ1) is 63.9. The van der Waals surface area contributed by atoms with E-state index in [9.17, 15) is 57.8 Å². The lowest BCUT2D eigenvalue weighted by molar-refractivity contribution is -0.150. The SMILES string of the molecule is C/C=C\C1=C(C)C(CC(NC(=O)[C@@H](NC(=O)C(Cc2c[nH]c3c2C=CC3)NC(=O)[C@@H]2CCCN2C(=O)C(CC(C)C)NC(=O)C(CCN)NC(=O)[C@@H]2CCCN2C(=O)C(CC(=O)NC)NC(=O)[C@H](C)N(C)C(=O)C(Cc2ccc(O)cc2)NC(=O)CC)C(C)(C)C)C(=O)N(C)[C@@H](CCCC)C(=O)N(C)C(CCCC)C(=O)N[C@@H](CCCNC(=N)N)C(=O)N[C@@H](CC)C(=O)NCC(N)=O)CN1. The van der Waals surface area contributed by atoms with Crippen molar-refractivity contribution in [1.29, 1.82) is 5.41 Å². The number of aromatic nitrogens is 1. The number of hydrogen-bond donors (Lipinski definition) is 19. The monoisotopic (exact) mass is 1890 g/mol. The molecule has 4 aliphatic rings. The van der Waals surface area contributed by atoms with Gasteiger partial charge in [-0.2, -0.15) is 0 Å². The predicted molar refractivity (Wildman–Crippen MR) is 507 cm³/mol. The van der Waals surface area contributed by atoms with Crippen LogP contribution in [0.5, 0.6) is 5.75 Å². The molecule has 15 atom stereocenters. The number of nitrogens with zero attached hydrogens (tertiary/aromatic N) is 5. The first kappa shape index (κ1) is 111. The van der Waals surface area contributed by atoms with Crippen LogP contribution in [0.2, 0.25) is 0 Å². The van der Waals surface area contributed by atoms with Gasteiger partial charge in [0.15, 0.2) is 5.96 Å². The quantitative estimate of drug-likeness (QED) is 0.0236. The molecule has 1 aromatic heterocycles. The van der Waals surface area contributed by atoms with Gasteiger partial charge >= 0.3 is 0 Å². The molecular formula is C94H149N23O18. The molecule has 0 bridgehead atoms. The molecule has 1 aromatic carbocycles. The zero-order valence-corrected chi connectivity index (χ0v) is 81.4. The fourth-order valence-electron chi connectivity index (χ4n) is 17.1. The van der Waals surface area contributed by atoms with Crippen molar-refractivity contribution >= 4 is 112 Å². The number of guanidine groups is 1. The number of hydrogen-bond acceptors (Lipinski definition) is 21. The zero-order valence-electron chi connectivity index (χ0n) is 81.4. The van der Waals surface area contributed by atoms with Crippen molar-refractivity contribution in [1.82, 2.24) is 98.6 Å². The molecular weight excluding hydrogens is 1740 g/mol. The average molecular weight is 1890 g/mol. The molecule has 8 unspecified atom stereocenters. The highest BCUT2D eigenvalue weighted by Gasteiger charge is 2.47. The van der Waals surface area contributed by atoms with Gasteiger partial charge in [-0.3, -0.25) is 86.9 Å². The van der Waals surface area contributed by atoms with Gasteiger partial charge in [-0.25, -0.2) is 0 Å². The third-order valence-electron chi connectivity index (χ3n) is 25.2. The van der Waals surface area contributed by atoms with Crippen LogP contribution < -0.4 is 86.3 Å². The Hall–Kier alpha value is -12.5. The van der Waals surface area contributed by atoms with Crippen LogP contribution in [0.1, 0.15) is 221 Å². The molecule has 41 nitrogen and oxygen atoms in total. The number of primary amides is 1. The molecule has 6 rings (SSSR count). The van der Waals surface area contributed by atoms with Crippen molar-refractivity contribution in [2.45, 2.75) is 303 Å². The van der Waals surface area contributed by atoms with Gasteiger partial charge in [0.25, 0.3) is 0 Å². The zero-order chi connectivity index (χ0) is 100. The average Bonchev–Trinajstić information content (AvgIpc) is 1.71. The number of likely N-dealkylation sites (N-methyl/N-ethyl adjacent to an activating group) is 3. The maximum atomic E-state index is 15.8. The number of allylic oxidation sites excluding steroid dienone is 3. The minimum Gasteiger partial charge on any atom is -0.508 e. The van der Waals surface area contributed by atoms with E-state index in [0.717, 1.165) is 27.4 Å². The highest BCUT2D eigenvalue weighted by Crippen LogP contribution is 2.31. The molecule has 17 amide bonds.